The molecule has 1 aliphatic rings. The Hall–Kier alpha value is -2.62. The zero-order valence-electron chi connectivity index (χ0n) is 16.5. The first kappa shape index (κ1) is 23.1. The number of carbonyl (C=O) groups excluding carboxylic acids is 1. The summed E-state index contributed by atoms with van der Waals surface area (Å²) in [5.41, 5.74) is -1.42. The van der Waals surface area contributed by atoms with Crippen molar-refractivity contribution >= 4 is 26.1 Å². The Morgan fingerprint density at radius 2 is 1.84 bits per heavy atom. The van der Waals surface area contributed by atoms with Gasteiger partial charge in [0.25, 0.3) is 0 Å². The molecule has 1 saturated heterocycles. The van der Waals surface area contributed by atoms with Gasteiger partial charge in [-0.1, -0.05) is 6.07 Å². The monoisotopic (exact) mass is 464 g/mol. The van der Waals surface area contributed by atoms with Crippen LogP contribution < -0.4 is 0 Å². The van der Waals surface area contributed by atoms with E-state index in [2.05, 4.69) is 0 Å². The van der Waals surface area contributed by atoms with Gasteiger partial charge in [0.05, 0.1) is 28.0 Å². The summed E-state index contributed by atoms with van der Waals surface area (Å²) in [4.78, 5) is 10.6. The quantitative estimate of drug-likeness (QED) is 0.577. The molecule has 0 spiro atoms. The maximum Gasteiger partial charge on any atom is 0.243 e. The van der Waals surface area contributed by atoms with Gasteiger partial charge in [-0.2, -0.15) is 9.57 Å². The van der Waals surface area contributed by atoms with Crippen molar-refractivity contribution in [2.24, 2.45) is 0 Å². The molecule has 0 amide bonds. The third-order valence-electron chi connectivity index (χ3n) is 5.33. The number of benzene rings is 2. The lowest BCUT2D eigenvalue weighted by atomic mass is 10.1. The molecule has 0 saturated carbocycles. The number of carbonyl (C=O) groups is 1. The largest absolute Gasteiger partial charge is 0.393 e. The minimum absolute atomic E-state index is 0.130. The lowest BCUT2D eigenvalue weighted by Gasteiger charge is -2.26. The van der Waals surface area contributed by atoms with Crippen LogP contribution in [0, 0.1) is 18.3 Å². The fraction of sp³-hybridized carbons (Fsp3) is 0.300. The second kappa shape index (κ2) is 8.14. The van der Waals surface area contributed by atoms with E-state index in [4.69, 9.17) is 5.26 Å². The molecular formula is C20H20N2O7S2. The molecule has 0 aliphatic carbocycles. The molecule has 11 heteroatoms. The first-order valence-electron chi connectivity index (χ1n) is 9.13. The van der Waals surface area contributed by atoms with Crippen LogP contribution in [0.4, 0.5) is 0 Å². The second-order valence-corrected chi connectivity index (χ2v) is 11.4. The van der Waals surface area contributed by atoms with Gasteiger partial charge >= 0.3 is 0 Å². The number of aldehydes is 1. The highest BCUT2D eigenvalue weighted by atomic mass is 32.2. The molecule has 2 aromatic rings. The Morgan fingerprint density at radius 1 is 1.19 bits per heavy atom. The normalized spacial score (nSPS) is 22.2. The average Bonchev–Trinajstić information content (AvgIpc) is 3.13. The number of hydrogen-bond acceptors (Lipinski definition) is 8. The maximum absolute atomic E-state index is 13.2. The van der Waals surface area contributed by atoms with E-state index < -0.39 is 50.4 Å². The molecule has 2 atom stereocenters. The predicted octanol–water partition coefficient (Wildman–Crippen LogP) is 0.249. The van der Waals surface area contributed by atoms with Crippen LogP contribution in [0.2, 0.25) is 0 Å². The van der Waals surface area contributed by atoms with Crippen LogP contribution >= 0.6 is 0 Å². The van der Waals surface area contributed by atoms with E-state index in [0.29, 0.717) is 6.29 Å². The summed E-state index contributed by atoms with van der Waals surface area (Å²) in [6.07, 6.45) is 0.573. The van der Waals surface area contributed by atoms with E-state index in [0.717, 1.165) is 4.31 Å². The molecule has 0 bridgehead atoms. The fourth-order valence-corrected chi connectivity index (χ4v) is 7.37. The van der Waals surface area contributed by atoms with E-state index in [1.165, 1.54) is 49.4 Å². The second-order valence-electron chi connectivity index (χ2n) is 7.37. The summed E-state index contributed by atoms with van der Waals surface area (Å²) in [7, 11) is -8.47. The Morgan fingerprint density at radius 3 is 2.35 bits per heavy atom. The van der Waals surface area contributed by atoms with Gasteiger partial charge in [0, 0.05) is 18.7 Å². The van der Waals surface area contributed by atoms with E-state index in [1.807, 2.05) is 6.07 Å². The Kier molecular flexibility index (Phi) is 6.05. The molecule has 0 radical (unpaired) electrons. The molecule has 3 rings (SSSR count). The maximum atomic E-state index is 13.2. The summed E-state index contributed by atoms with van der Waals surface area (Å²) in [5, 5.41) is 27.9. The molecule has 2 N–H and O–H groups in total. The van der Waals surface area contributed by atoms with Crippen LogP contribution in [0.1, 0.15) is 21.5 Å². The van der Waals surface area contributed by atoms with Crippen molar-refractivity contribution in [1.29, 1.82) is 5.26 Å². The zero-order valence-corrected chi connectivity index (χ0v) is 18.1. The average molecular weight is 465 g/mol. The van der Waals surface area contributed by atoms with Gasteiger partial charge in [0.2, 0.25) is 10.0 Å². The van der Waals surface area contributed by atoms with Crippen molar-refractivity contribution in [3.8, 4) is 6.07 Å². The number of hydrogen-bond donors (Lipinski definition) is 2. The molecule has 2 aromatic carbocycles. The molecule has 164 valence electrons. The smallest absolute Gasteiger partial charge is 0.243 e. The lowest BCUT2D eigenvalue weighted by molar-refractivity contribution is 0.00159. The highest BCUT2D eigenvalue weighted by molar-refractivity contribution is 7.92. The summed E-state index contributed by atoms with van der Waals surface area (Å²) in [5.74, 6) is 0. The van der Waals surface area contributed by atoms with Gasteiger partial charge < -0.3 is 10.2 Å². The topological polar surface area (TPSA) is 153 Å². The summed E-state index contributed by atoms with van der Waals surface area (Å²) in [6, 6.07) is 10.8. The van der Waals surface area contributed by atoms with Gasteiger partial charge in [0.15, 0.2) is 9.84 Å². The van der Waals surface area contributed by atoms with Crippen LogP contribution in [0.5, 0.6) is 0 Å². The number of sulfonamides is 1. The first-order valence-corrected chi connectivity index (χ1v) is 12.1. The molecule has 0 unspecified atom stereocenters. The number of rotatable bonds is 6. The third kappa shape index (κ3) is 4.00. The highest BCUT2D eigenvalue weighted by Crippen LogP contribution is 2.35. The summed E-state index contributed by atoms with van der Waals surface area (Å²) >= 11 is 0. The molecule has 0 aromatic heterocycles. The number of nitrogens with zero attached hydrogens (tertiary/aromatic N) is 2. The number of aryl methyl sites for hydroxylation is 1. The summed E-state index contributed by atoms with van der Waals surface area (Å²) in [6.45, 7) is -0.668. The Bertz CT molecular complexity index is 1270. The molecule has 1 fully saturated rings. The van der Waals surface area contributed by atoms with E-state index in [-0.39, 0.29) is 26.5 Å². The Balaban J connectivity index is 2.02. The van der Waals surface area contributed by atoms with Gasteiger partial charge in [-0.25, -0.2) is 16.8 Å². The SMILES string of the molecule is Cc1cc(C=O)ccc1S(=O)(=O)N1C[C@H](S(=O)(=O)c2ccc(C#N)cc2)[C@](O)(CO)C1. The van der Waals surface area contributed by atoms with Crippen molar-refractivity contribution < 1.29 is 31.8 Å². The number of sulfone groups is 1. The van der Waals surface area contributed by atoms with E-state index in [9.17, 15) is 31.8 Å². The van der Waals surface area contributed by atoms with Crippen LogP contribution in [0.15, 0.2) is 52.3 Å². The van der Waals surface area contributed by atoms with Crippen LogP contribution in [0.3, 0.4) is 0 Å². The predicted molar refractivity (Wildman–Crippen MR) is 109 cm³/mol. The van der Waals surface area contributed by atoms with Gasteiger partial charge in [-0.3, -0.25) is 4.79 Å². The van der Waals surface area contributed by atoms with Gasteiger partial charge in [-0.05, 0) is 48.9 Å². The van der Waals surface area contributed by atoms with Crippen molar-refractivity contribution in [2.75, 3.05) is 19.7 Å². The minimum atomic E-state index is -4.25. The standard InChI is InChI=1S/C20H20N2O7S2/c1-14-8-16(11-23)4-7-18(14)31(28,29)22-10-19(20(25,12-22)13-24)30(26,27)17-5-2-15(9-21)3-6-17/h2-8,11,19,24-25H,10,12-13H2,1H3/t19-,20+/m0/s1. The van der Waals surface area contributed by atoms with Crippen molar-refractivity contribution in [2.45, 2.75) is 27.6 Å². The molecule has 9 nitrogen and oxygen atoms in total. The molecule has 1 aliphatic heterocycles. The van der Waals surface area contributed by atoms with Crippen LogP contribution in [-0.2, 0) is 19.9 Å². The van der Waals surface area contributed by atoms with E-state index >= 15 is 0 Å². The van der Waals surface area contributed by atoms with Gasteiger partial charge in [0.1, 0.15) is 17.1 Å². The van der Waals surface area contributed by atoms with Crippen molar-refractivity contribution in [3.63, 3.8) is 0 Å². The minimum Gasteiger partial charge on any atom is -0.393 e. The number of nitriles is 1. The third-order valence-corrected chi connectivity index (χ3v) is 9.57. The number of aliphatic hydroxyl groups excluding tert-OH is 1. The lowest BCUT2D eigenvalue weighted by Crippen LogP contribution is -2.49. The van der Waals surface area contributed by atoms with E-state index in [1.54, 1.807) is 0 Å². The molecule has 31 heavy (non-hydrogen) atoms. The highest BCUT2D eigenvalue weighted by Gasteiger charge is 2.55. The van der Waals surface area contributed by atoms with Crippen LogP contribution in [0.25, 0.3) is 0 Å². The van der Waals surface area contributed by atoms with Gasteiger partial charge in [-0.15, -0.1) is 0 Å². The fourth-order valence-electron chi connectivity index (χ4n) is 3.61. The van der Waals surface area contributed by atoms with Crippen LogP contribution in [-0.4, -0.2) is 68.2 Å². The Labute approximate surface area is 180 Å². The molecular weight excluding hydrogens is 444 g/mol. The van der Waals surface area contributed by atoms with Crippen molar-refractivity contribution in [1.82, 2.24) is 4.31 Å². The molecule has 1 heterocycles. The zero-order chi connectivity index (χ0) is 23.0. The number of β-amino-alcohol motifs (C(OH)–C–C–N with tert-alkyl or cyclic N) is 1. The summed E-state index contributed by atoms with van der Waals surface area (Å²) < 4.78 is 53.5. The number of aliphatic hydroxyl groups is 2. The van der Waals surface area contributed by atoms with Crippen molar-refractivity contribution in [3.05, 3.63) is 59.2 Å². The first-order chi connectivity index (χ1) is 14.5.